The van der Waals surface area contributed by atoms with Gasteiger partial charge in [0.05, 0.1) is 17.1 Å². The van der Waals surface area contributed by atoms with Gasteiger partial charge in [0.2, 0.25) is 0 Å². The van der Waals surface area contributed by atoms with Crippen molar-refractivity contribution in [3.8, 4) is 0 Å². The van der Waals surface area contributed by atoms with Gasteiger partial charge in [0.15, 0.2) is 0 Å². The highest BCUT2D eigenvalue weighted by Gasteiger charge is 2.21. The van der Waals surface area contributed by atoms with Gasteiger partial charge in [-0.3, -0.25) is 0 Å². The molecule has 2 heterocycles. The van der Waals surface area contributed by atoms with Crippen LogP contribution in [0.25, 0.3) is 11.0 Å². The van der Waals surface area contributed by atoms with Crippen molar-refractivity contribution in [1.82, 2.24) is 19.8 Å². The fraction of sp³-hybridized carbons (Fsp3) is 0.500. The van der Waals surface area contributed by atoms with E-state index in [1.165, 1.54) is 0 Å². The second-order valence-corrected chi connectivity index (χ2v) is 5.80. The zero-order chi connectivity index (χ0) is 15.5. The molecule has 1 aliphatic rings. The van der Waals surface area contributed by atoms with Gasteiger partial charge in [-0.15, -0.1) is 0 Å². The number of rotatable bonds is 3. The van der Waals surface area contributed by atoms with Crippen molar-refractivity contribution < 1.29 is 9.90 Å². The Hall–Kier alpha value is -2.08. The highest BCUT2D eigenvalue weighted by molar-refractivity contribution is 5.76. The lowest BCUT2D eigenvalue weighted by molar-refractivity contribution is 0.0843. The minimum Gasteiger partial charge on any atom is -0.391 e. The fourth-order valence-electron chi connectivity index (χ4n) is 2.95. The molecule has 1 aromatic carbocycles. The number of likely N-dealkylation sites (tertiary alicyclic amines) is 1. The molecule has 0 aliphatic carbocycles. The summed E-state index contributed by atoms with van der Waals surface area (Å²) in [4.78, 5) is 18.3. The Balaban J connectivity index is 1.55. The van der Waals surface area contributed by atoms with E-state index in [9.17, 15) is 9.90 Å². The number of aromatic nitrogens is 2. The summed E-state index contributed by atoms with van der Waals surface area (Å²) in [5.41, 5.74) is 2.08. The van der Waals surface area contributed by atoms with Crippen LogP contribution in [0.4, 0.5) is 4.79 Å². The van der Waals surface area contributed by atoms with Gasteiger partial charge in [-0.1, -0.05) is 12.1 Å². The first-order chi connectivity index (χ1) is 10.6. The number of imidazole rings is 1. The van der Waals surface area contributed by atoms with Crippen LogP contribution in [-0.4, -0.2) is 51.3 Å². The van der Waals surface area contributed by atoms with Gasteiger partial charge in [0.25, 0.3) is 0 Å². The van der Waals surface area contributed by atoms with Crippen molar-refractivity contribution in [2.75, 3.05) is 19.6 Å². The Kier molecular flexibility index (Phi) is 4.29. The number of carbonyl (C=O) groups excluding carboxylic acids is 1. The number of carbonyl (C=O) groups is 1. The smallest absolute Gasteiger partial charge is 0.317 e. The van der Waals surface area contributed by atoms with E-state index in [0.717, 1.165) is 36.2 Å². The normalized spacial score (nSPS) is 18.6. The molecule has 1 fully saturated rings. The van der Waals surface area contributed by atoms with Crippen LogP contribution in [0, 0.1) is 0 Å². The fourth-order valence-corrected chi connectivity index (χ4v) is 2.95. The zero-order valence-corrected chi connectivity index (χ0v) is 12.8. The molecule has 2 amide bonds. The molecule has 1 atom stereocenters. The van der Waals surface area contributed by atoms with E-state index in [1.54, 1.807) is 4.90 Å². The van der Waals surface area contributed by atoms with Crippen molar-refractivity contribution in [2.45, 2.75) is 25.4 Å². The van der Waals surface area contributed by atoms with Gasteiger partial charge in [0, 0.05) is 33.1 Å². The van der Waals surface area contributed by atoms with Gasteiger partial charge >= 0.3 is 6.03 Å². The van der Waals surface area contributed by atoms with E-state index >= 15 is 0 Å². The molecular formula is C16H22N4O2. The first-order valence-electron chi connectivity index (χ1n) is 7.76. The van der Waals surface area contributed by atoms with Crippen LogP contribution in [0.5, 0.6) is 0 Å². The Morgan fingerprint density at radius 2 is 2.27 bits per heavy atom. The molecular weight excluding hydrogens is 280 g/mol. The summed E-state index contributed by atoms with van der Waals surface area (Å²) >= 11 is 0. The predicted octanol–water partition coefficient (Wildman–Crippen LogP) is 1.28. The number of urea groups is 1. The van der Waals surface area contributed by atoms with Gasteiger partial charge < -0.3 is 19.9 Å². The first kappa shape index (κ1) is 14.8. The van der Waals surface area contributed by atoms with Crippen LogP contribution in [0.1, 0.15) is 18.7 Å². The predicted molar refractivity (Wildman–Crippen MR) is 84.6 cm³/mol. The zero-order valence-electron chi connectivity index (χ0n) is 12.8. The third-order valence-electron chi connectivity index (χ3n) is 4.19. The van der Waals surface area contributed by atoms with E-state index in [-0.39, 0.29) is 12.1 Å². The summed E-state index contributed by atoms with van der Waals surface area (Å²) in [5, 5.41) is 12.5. The number of aryl methyl sites for hydroxylation is 1. The number of nitrogens with zero attached hydrogens (tertiary/aromatic N) is 3. The molecule has 1 aromatic heterocycles. The van der Waals surface area contributed by atoms with Gasteiger partial charge in [-0.2, -0.15) is 0 Å². The lowest BCUT2D eigenvalue weighted by Gasteiger charge is -2.30. The van der Waals surface area contributed by atoms with Crippen LogP contribution in [0.2, 0.25) is 0 Å². The minimum atomic E-state index is -0.390. The maximum atomic E-state index is 12.1. The summed E-state index contributed by atoms with van der Waals surface area (Å²) in [7, 11) is 1.99. The molecule has 2 aromatic rings. The molecule has 0 saturated carbocycles. The van der Waals surface area contributed by atoms with Crippen LogP contribution in [-0.2, 0) is 13.5 Å². The highest BCUT2D eigenvalue weighted by atomic mass is 16.3. The number of benzene rings is 1. The van der Waals surface area contributed by atoms with E-state index in [4.69, 9.17) is 0 Å². The summed E-state index contributed by atoms with van der Waals surface area (Å²) in [6.45, 7) is 1.69. The number of hydrogen-bond donors (Lipinski definition) is 2. The average molecular weight is 302 g/mol. The lowest BCUT2D eigenvalue weighted by Crippen LogP contribution is -2.47. The summed E-state index contributed by atoms with van der Waals surface area (Å²) < 4.78 is 2.06. The number of para-hydroxylation sites is 2. The van der Waals surface area contributed by atoms with Gasteiger partial charge in [-0.05, 0) is 25.0 Å². The largest absolute Gasteiger partial charge is 0.391 e. The Labute approximate surface area is 129 Å². The van der Waals surface area contributed by atoms with E-state index < -0.39 is 0 Å². The van der Waals surface area contributed by atoms with Crippen molar-refractivity contribution in [3.05, 3.63) is 30.1 Å². The topological polar surface area (TPSA) is 70.4 Å². The average Bonchev–Trinajstić information content (AvgIpc) is 2.84. The SMILES string of the molecule is Cn1c(CCNC(=O)N2CCC[C@H](O)C2)nc2ccccc21. The molecule has 22 heavy (non-hydrogen) atoms. The molecule has 1 aliphatic heterocycles. The van der Waals surface area contributed by atoms with Crippen LogP contribution >= 0.6 is 0 Å². The van der Waals surface area contributed by atoms with E-state index in [2.05, 4.69) is 14.9 Å². The third-order valence-corrected chi connectivity index (χ3v) is 4.19. The third kappa shape index (κ3) is 3.06. The van der Waals surface area contributed by atoms with Crippen molar-refractivity contribution in [1.29, 1.82) is 0 Å². The van der Waals surface area contributed by atoms with Crippen LogP contribution in [0.3, 0.4) is 0 Å². The summed E-state index contributed by atoms with van der Waals surface area (Å²) in [5.74, 6) is 0.958. The molecule has 0 radical (unpaired) electrons. The summed E-state index contributed by atoms with van der Waals surface area (Å²) in [6, 6.07) is 7.91. The molecule has 3 rings (SSSR count). The Bertz CT molecular complexity index is 667. The van der Waals surface area contributed by atoms with Crippen molar-refractivity contribution >= 4 is 17.1 Å². The minimum absolute atomic E-state index is 0.0995. The number of aliphatic hydroxyl groups is 1. The van der Waals surface area contributed by atoms with Gasteiger partial charge in [0.1, 0.15) is 5.82 Å². The molecule has 2 N–H and O–H groups in total. The van der Waals surface area contributed by atoms with Crippen LogP contribution in [0.15, 0.2) is 24.3 Å². The monoisotopic (exact) mass is 302 g/mol. The molecule has 118 valence electrons. The first-order valence-corrected chi connectivity index (χ1v) is 7.76. The number of β-amino-alcohol motifs (C(OH)–C–C–N with tert-alkyl or cyclic N) is 1. The number of hydrogen-bond acceptors (Lipinski definition) is 3. The quantitative estimate of drug-likeness (QED) is 0.897. The van der Waals surface area contributed by atoms with Crippen LogP contribution < -0.4 is 5.32 Å². The maximum absolute atomic E-state index is 12.1. The van der Waals surface area contributed by atoms with E-state index in [1.807, 2.05) is 31.3 Å². The molecule has 0 bridgehead atoms. The Morgan fingerprint density at radius 1 is 1.45 bits per heavy atom. The second-order valence-electron chi connectivity index (χ2n) is 5.80. The molecule has 6 nitrogen and oxygen atoms in total. The highest BCUT2D eigenvalue weighted by Crippen LogP contribution is 2.14. The number of aliphatic hydroxyl groups excluding tert-OH is 1. The molecule has 0 unspecified atom stereocenters. The standard InChI is InChI=1S/C16H22N4O2/c1-19-14-7-3-2-6-13(14)18-15(19)8-9-17-16(22)20-10-4-5-12(21)11-20/h2-3,6-7,12,21H,4-5,8-11H2,1H3,(H,17,22)/t12-/m0/s1. The van der Waals surface area contributed by atoms with Crippen molar-refractivity contribution in [2.24, 2.45) is 7.05 Å². The van der Waals surface area contributed by atoms with Gasteiger partial charge in [-0.25, -0.2) is 9.78 Å². The number of nitrogens with one attached hydrogen (secondary N) is 1. The molecule has 1 saturated heterocycles. The number of amides is 2. The lowest BCUT2D eigenvalue weighted by atomic mass is 10.1. The molecule has 6 heteroatoms. The molecule has 0 spiro atoms. The van der Waals surface area contributed by atoms with E-state index in [0.29, 0.717) is 19.5 Å². The summed E-state index contributed by atoms with van der Waals surface area (Å²) in [6.07, 6.45) is 1.94. The van der Waals surface area contributed by atoms with Crippen molar-refractivity contribution in [3.63, 3.8) is 0 Å². The second kappa shape index (κ2) is 6.36. The maximum Gasteiger partial charge on any atom is 0.317 e. The number of fused-ring (bicyclic) bond motifs is 1. The number of piperidine rings is 1. The Morgan fingerprint density at radius 3 is 3.05 bits per heavy atom.